The van der Waals surface area contributed by atoms with E-state index in [0.717, 1.165) is 17.4 Å². The summed E-state index contributed by atoms with van der Waals surface area (Å²) in [7, 11) is -3.38. The van der Waals surface area contributed by atoms with E-state index >= 15 is 0 Å². The summed E-state index contributed by atoms with van der Waals surface area (Å²) in [5, 5.41) is -0.299. The van der Waals surface area contributed by atoms with Gasteiger partial charge in [0.25, 0.3) is 0 Å². The maximum atomic E-state index is 10.6. The summed E-state index contributed by atoms with van der Waals surface area (Å²) in [4.78, 5) is 21.2. The summed E-state index contributed by atoms with van der Waals surface area (Å²) in [5.41, 5.74) is 0. The molecule has 0 fully saturated rings. The van der Waals surface area contributed by atoms with Crippen molar-refractivity contribution in [3.63, 3.8) is 0 Å². The predicted molar refractivity (Wildman–Crippen MR) is 40.9 cm³/mol. The second-order valence-electron chi connectivity index (χ2n) is 2.17. The average Bonchev–Trinajstić information content (AvgIpc) is 2.19. The predicted octanol–water partition coefficient (Wildman–Crippen LogP) is -0.887. The third kappa shape index (κ3) is 3.74. The third-order valence-corrected chi connectivity index (χ3v) is 2.34. The fourth-order valence-electron chi connectivity index (χ4n) is 0.856. The molecule has 0 saturated heterocycles. The summed E-state index contributed by atoms with van der Waals surface area (Å²) in [6.45, 7) is 0. The Kier molecular flexibility index (Phi) is 5.92. The molecule has 75 valence electrons. The summed E-state index contributed by atoms with van der Waals surface area (Å²) in [6, 6.07) is 5.72. The topological polar surface area (TPSA) is 89.5 Å². The number of methoxy groups -OCH3 is 1. The van der Waals surface area contributed by atoms with E-state index in [2.05, 4.69) is 0 Å². The van der Waals surface area contributed by atoms with Gasteiger partial charge in [-0.3, -0.25) is 0 Å². The van der Waals surface area contributed by atoms with Crippen LogP contribution >= 0.6 is 7.60 Å². The first kappa shape index (κ1) is 13.6. The molecule has 0 N–H and O–H groups in total. The van der Waals surface area contributed by atoms with Crippen LogP contribution < -0.4 is 19.8 Å². The zero-order valence-electron chi connectivity index (χ0n) is 7.25. The first-order valence-corrected chi connectivity index (χ1v) is 5.51. The average molecular weight is 253 g/mol. The van der Waals surface area contributed by atoms with E-state index < -0.39 is 7.60 Å². The standard InChI is InChI=1S/C7H9O4P.O.V/c1-11-6-4-2-3-5-7(6)12(8,9)10;;/h2-5H,1H3,(H2,8,9,10);;/q;;+2/p-2. The van der Waals surface area contributed by atoms with Crippen molar-refractivity contribution in [2.24, 2.45) is 0 Å². The fourth-order valence-corrected chi connectivity index (χ4v) is 1.56. The normalized spacial score (nSPS) is 10.1. The van der Waals surface area contributed by atoms with Crippen LogP contribution in [-0.4, -0.2) is 7.11 Å². The van der Waals surface area contributed by atoms with Crippen LogP contribution in [0.2, 0.25) is 0 Å². The molecular formula is C7H7O5PV. The molecule has 1 aromatic carbocycles. The Hall–Kier alpha value is -0.446. The molecule has 0 atom stereocenters. The van der Waals surface area contributed by atoms with Gasteiger partial charge in [0.15, 0.2) is 0 Å². The number of para-hydroxylation sites is 1. The molecule has 7 heteroatoms. The van der Waals surface area contributed by atoms with Crippen LogP contribution in [0.1, 0.15) is 0 Å². The van der Waals surface area contributed by atoms with Crippen LogP contribution in [-0.2, 0) is 25.6 Å². The van der Waals surface area contributed by atoms with Crippen molar-refractivity contribution in [3.05, 3.63) is 24.3 Å². The van der Waals surface area contributed by atoms with Crippen LogP contribution in [0.5, 0.6) is 5.75 Å². The first-order valence-electron chi connectivity index (χ1n) is 3.39. The van der Waals surface area contributed by atoms with E-state index in [4.69, 9.17) is 8.41 Å². The molecule has 0 aliphatic heterocycles. The molecule has 0 aromatic heterocycles. The summed E-state index contributed by atoms with van der Waals surface area (Å²) in [6.07, 6.45) is 0. The SMILES string of the molecule is COc1ccccc1P(=O)([O-])[O-].[O]=[V+2]. The second-order valence-corrected chi connectivity index (χ2v) is 3.65. The van der Waals surface area contributed by atoms with Gasteiger partial charge < -0.3 is 19.1 Å². The number of hydrogen-bond donors (Lipinski definition) is 0. The van der Waals surface area contributed by atoms with Crippen molar-refractivity contribution in [2.45, 2.75) is 0 Å². The number of ether oxygens (including phenoxy) is 1. The van der Waals surface area contributed by atoms with Gasteiger partial charge in [0.05, 0.1) is 7.11 Å². The van der Waals surface area contributed by atoms with Gasteiger partial charge in [-0.05, 0) is 13.7 Å². The molecule has 0 saturated carbocycles. The minimum atomic E-state index is -4.70. The van der Waals surface area contributed by atoms with Crippen molar-refractivity contribution < 1.29 is 40.1 Å². The van der Waals surface area contributed by atoms with E-state index in [1.54, 1.807) is 6.07 Å². The molecular weight excluding hydrogens is 246 g/mol. The fraction of sp³-hybridized carbons (Fsp3) is 0.143. The monoisotopic (exact) mass is 253 g/mol. The van der Waals surface area contributed by atoms with Crippen LogP contribution in [0.15, 0.2) is 24.3 Å². The second kappa shape index (κ2) is 6.12. The van der Waals surface area contributed by atoms with Crippen molar-refractivity contribution in [2.75, 3.05) is 7.11 Å². The van der Waals surface area contributed by atoms with Crippen molar-refractivity contribution in [1.29, 1.82) is 0 Å². The van der Waals surface area contributed by atoms with Crippen molar-refractivity contribution in [3.8, 4) is 5.75 Å². The number of rotatable bonds is 2. The number of benzene rings is 1. The van der Waals surface area contributed by atoms with E-state index in [-0.39, 0.29) is 11.1 Å². The molecule has 0 radical (unpaired) electrons. The van der Waals surface area contributed by atoms with Crippen LogP contribution in [0.4, 0.5) is 0 Å². The Labute approximate surface area is 90.5 Å². The molecule has 0 bridgehead atoms. The molecule has 0 spiro atoms. The van der Waals surface area contributed by atoms with Gasteiger partial charge >= 0.3 is 21.0 Å². The molecule has 14 heavy (non-hydrogen) atoms. The number of hydrogen-bond acceptors (Lipinski definition) is 5. The molecule has 0 aliphatic carbocycles. The van der Waals surface area contributed by atoms with Gasteiger partial charge in [0.2, 0.25) is 0 Å². The van der Waals surface area contributed by atoms with Crippen LogP contribution in [0.25, 0.3) is 0 Å². The first-order chi connectivity index (χ1) is 6.55. The Morgan fingerprint density at radius 1 is 1.29 bits per heavy atom. The molecule has 0 aliphatic rings. The van der Waals surface area contributed by atoms with Gasteiger partial charge in [-0.2, -0.15) is 0 Å². The molecule has 1 aromatic rings. The Morgan fingerprint density at radius 2 is 1.79 bits per heavy atom. The van der Waals surface area contributed by atoms with Crippen molar-refractivity contribution >= 4 is 12.9 Å². The van der Waals surface area contributed by atoms with Gasteiger partial charge in [0, 0.05) is 5.30 Å². The summed E-state index contributed by atoms with van der Waals surface area (Å²) >= 11 is 1.06. The Balaban J connectivity index is 0.000000791. The molecule has 0 heterocycles. The van der Waals surface area contributed by atoms with Crippen LogP contribution in [0.3, 0.4) is 0 Å². The van der Waals surface area contributed by atoms with Gasteiger partial charge in [-0.1, -0.05) is 18.2 Å². The van der Waals surface area contributed by atoms with Gasteiger partial charge in [0.1, 0.15) is 5.75 Å². The maximum absolute atomic E-state index is 10.6. The molecule has 1 rings (SSSR count). The van der Waals surface area contributed by atoms with E-state index in [1.807, 2.05) is 0 Å². The third-order valence-electron chi connectivity index (χ3n) is 1.38. The Morgan fingerprint density at radius 3 is 2.14 bits per heavy atom. The molecule has 0 amide bonds. The van der Waals surface area contributed by atoms with E-state index in [0.29, 0.717) is 0 Å². The van der Waals surface area contributed by atoms with Gasteiger partial charge in [-0.15, -0.1) is 0 Å². The quantitative estimate of drug-likeness (QED) is 0.638. The summed E-state index contributed by atoms with van der Waals surface area (Å²) in [5.74, 6) is 0.0887. The molecule has 5 nitrogen and oxygen atoms in total. The zero-order chi connectivity index (χ0) is 11.2. The molecule has 0 unspecified atom stereocenters. The summed E-state index contributed by atoms with van der Waals surface area (Å²) < 4.78 is 23.5. The van der Waals surface area contributed by atoms with E-state index in [1.165, 1.54) is 25.3 Å². The Bertz CT molecular complexity index is 337. The van der Waals surface area contributed by atoms with Gasteiger partial charge in [-0.25, -0.2) is 0 Å². The van der Waals surface area contributed by atoms with Crippen molar-refractivity contribution in [1.82, 2.24) is 0 Å². The minimum absolute atomic E-state index is 0.0887. The van der Waals surface area contributed by atoms with Crippen LogP contribution in [0, 0.1) is 0 Å². The van der Waals surface area contributed by atoms with E-state index in [9.17, 15) is 14.4 Å². The zero-order valence-corrected chi connectivity index (χ0v) is 9.54.